The zero-order valence-electron chi connectivity index (χ0n) is 15.9. The number of carbonyl (C=O) groups excluding carboxylic acids is 3. The van der Waals surface area contributed by atoms with E-state index < -0.39 is 24.5 Å². The molecule has 2 amide bonds. The number of nitrogens with zero attached hydrogens (tertiary/aromatic N) is 1. The molecule has 2 aromatic rings. The number of aryl methyl sites for hydroxylation is 1. The smallest absolute Gasteiger partial charge is 0.330 e. The highest BCUT2D eigenvalue weighted by Crippen LogP contribution is 2.41. The lowest BCUT2D eigenvalue weighted by atomic mass is 10.1. The van der Waals surface area contributed by atoms with Crippen LogP contribution in [-0.4, -0.2) is 41.1 Å². The molecule has 1 fully saturated rings. The second kappa shape index (κ2) is 8.52. The highest BCUT2D eigenvalue weighted by atomic mass is 32.2. The van der Waals surface area contributed by atoms with Gasteiger partial charge >= 0.3 is 5.97 Å². The van der Waals surface area contributed by atoms with Crippen molar-refractivity contribution in [3.63, 3.8) is 0 Å². The van der Waals surface area contributed by atoms with E-state index >= 15 is 0 Å². The van der Waals surface area contributed by atoms with Gasteiger partial charge in [0.15, 0.2) is 6.61 Å². The molecular weight excluding hydrogens is 380 g/mol. The van der Waals surface area contributed by atoms with Crippen molar-refractivity contribution in [2.45, 2.75) is 32.2 Å². The topological polar surface area (TPSA) is 88.8 Å². The van der Waals surface area contributed by atoms with E-state index in [4.69, 9.17) is 9.15 Å². The Morgan fingerprint density at radius 1 is 1.25 bits per heavy atom. The third-order valence-electron chi connectivity index (χ3n) is 4.65. The Morgan fingerprint density at radius 2 is 2.04 bits per heavy atom. The summed E-state index contributed by atoms with van der Waals surface area (Å²) in [6.07, 6.45) is 1.53. The molecule has 1 saturated heterocycles. The minimum absolute atomic E-state index is 0.256. The molecule has 0 bridgehead atoms. The zero-order chi connectivity index (χ0) is 20.3. The van der Waals surface area contributed by atoms with Gasteiger partial charge in [-0.25, -0.2) is 4.79 Å². The van der Waals surface area contributed by atoms with Crippen LogP contribution in [0.4, 0.5) is 5.69 Å². The summed E-state index contributed by atoms with van der Waals surface area (Å²) >= 11 is 1.42. The van der Waals surface area contributed by atoms with E-state index in [1.165, 1.54) is 29.8 Å². The lowest BCUT2D eigenvalue weighted by Gasteiger charge is -2.25. The Morgan fingerprint density at radius 3 is 2.71 bits per heavy atom. The molecule has 3 rings (SSSR count). The fourth-order valence-corrected chi connectivity index (χ4v) is 4.44. The minimum atomic E-state index is -0.758. The molecule has 0 spiro atoms. The van der Waals surface area contributed by atoms with Gasteiger partial charge in [0.25, 0.3) is 5.91 Å². The molecule has 1 aromatic carbocycles. The standard InChI is InChI=1S/C20H22N2O5S/c1-12-6-4-7-15(13(12)2)21-18(24)10-27-20(25)16-11-28-19(22(16)14(3)23)17-8-5-9-26-17/h4-9,16,19H,10-11H2,1-3H3,(H,21,24)/t16-,19+/m0/s1. The molecule has 8 heteroatoms. The van der Waals surface area contributed by atoms with Crippen molar-refractivity contribution in [3.05, 3.63) is 53.5 Å². The minimum Gasteiger partial charge on any atom is -0.466 e. The van der Waals surface area contributed by atoms with Gasteiger partial charge in [0, 0.05) is 18.4 Å². The summed E-state index contributed by atoms with van der Waals surface area (Å²) in [6, 6.07) is 8.33. The highest BCUT2D eigenvalue weighted by molar-refractivity contribution is 7.99. The molecule has 1 aromatic heterocycles. The van der Waals surface area contributed by atoms with Crippen molar-refractivity contribution in [2.24, 2.45) is 0 Å². The van der Waals surface area contributed by atoms with E-state index in [2.05, 4.69) is 5.32 Å². The molecule has 28 heavy (non-hydrogen) atoms. The first-order valence-electron chi connectivity index (χ1n) is 8.85. The van der Waals surface area contributed by atoms with Crippen LogP contribution in [0.15, 0.2) is 41.0 Å². The van der Waals surface area contributed by atoms with Crippen LogP contribution in [0.25, 0.3) is 0 Å². The van der Waals surface area contributed by atoms with E-state index in [1.54, 1.807) is 18.2 Å². The van der Waals surface area contributed by atoms with E-state index in [0.717, 1.165) is 11.1 Å². The Kier molecular flexibility index (Phi) is 6.08. The molecular formula is C20H22N2O5S. The summed E-state index contributed by atoms with van der Waals surface area (Å²) in [5, 5.41) is 2.36. The number of nitrogens with one attached hydrogen (secondary N) is 1. The number of ether oxygens (including phenoxy) is 1. The van der Waals surface area contributed by atoms with Crippen molar-refractivity contribution in [2.75, 3.05) is 17.7 Å². The fourth-order valence-electron chi connectivity index (χ4n) is 3.03. The maximum atomic E-state index is 12.5. The predicted molar refractivity (Wildman–Crippen MR) is 106 cm³/mol. The van der Waals surface area contributed by atoms with Crippen LogP contribution in [-0.2, 0) is 19.1 Å². The molecule has 0 aliphatic carbocycles. The van der Waals surface area contributed by atoms with E-state index in [1.807, 2.05) is 26.0 Å². The SMILES string of the molecule is CC(=O)N1[C@@H](c2ccco2)SC[C@H]1C(=O)OCC(=O)Nc1cccc(C)c1C. The molecule has 0 unspecified atom stereocenters. The fraction of sp³-hybridized carbons (Fsp3) is 0.350. The second-order valence-corrected chi connectivity index (χ2v) is 7.66. The predicted octanol–water partition coefficient (Wildman–Crippen LogP) is 3.04. The van der Waals surface area contributed by atoms with Gasteiger partial charge < -0.3 is 19.4 Å². The van der Waals surface area contributed by atoms with Crippen molar-refractivity contribution in [1.82, 2.24) is 4.90 Å². The summed E-state index contributed by atoms with van der Waals surface area (Å²) < 4.78 is 10.6. The Bertz CT molecular complexity index is 881. The summed E-state index contributed by atoms with van der Waals surface area (Å²) in [5.41, 5.74) is 2.69. The largest absolute Gasteiger partial charge is 0.466 e. The van der Waals surface area contributed by atoms with Crippen molar-refractivity contribution < 1.29 is 23.5 Å². The summed E-state index contributed by atoms with van der Waals surface area (Å²) in [4.78, 5) is 38.2. The lowest BCUT2D eigenvalue weighted by molar-refractivity contribution is -0.155. The molecule has 7 nitrogen and oxygen atoms in total. The van der Waals surface area contributed by atoms with Gasteiger partial charge in [-0.05, 0) is 43.2 Å². The molecule has 1 aliphatic rings. The number of hydrogen-bond donors (Lipinski definition) is 1. The maximum Gasteiger partial charge on any atom is 0.330 e. The average Bonchev–Trinajstić information content (AvgIpc) is 3.32. The number of amides is 2. The van der Waals surface area contributed by atoms with Gasteiger partial charge in [-0.1, -0.05) is 12.1 Å². The van der Waals surface area contributed by atoms with Crippen LogP contribution >= 0.6 is 11.8 Å². The summed E-state index contributed by atoms with van der Waals surface area (Å²) in [7, 11) is 0. The molecule has 0 saturated carbocycles. The molecule has 1 N–H and O–H groups in total. The van der Waals surface area contributed by atoms with Crippen molar-refractivity contribution in [1.29, 1.82) is 0 Å². The molecule has 2 heterocycles. The lowest BCUT2D eigenvalue weighted by Crippen LogP contribution is -2.43. The van der Waals surface area contributed by atoms with Crippen LogP contribution in [0.5, 0.6) is 0 Å². The van der Waals surface area contributed by atoms with Gasteiger partial charge in [0.2, 0.25) is 5.91 Å². The Hall–Kier alpha value is -2.74. The zero-order valence-corrected chi connectivity index (χ0v) is 16.7. The quantitative estimate of drug-likeness (QED) is 0.774. The third kappa shape index (κ3) is 4.22. The number of benzene rings is 1. The van der Waals surface area contributed by atoms with Crippen LogP contribution in [0, 0.1) is 13.8 Å². The molecule has 0 radical (unpaired) electrons. The van der Waals surface area contributed by atoms with Gasteiger partial charge in [0.1, 0.15) is 17.2 Å². The summed E-state index contributed by atoms with van der Waals surface area (Å²) in [5.74, 6) is -0.309. The number of carbonyl (C=O) groups is 3. The van der Waals surface area contributed by atoms with Gasteiger partial charge in [0.05, 0.1) is 6.26 Å². The first-order chi connectivity index (χ1) is 13.4. The first kappa shape index (κ1) is 20.0. The molecule has 1 aliphatic heterocycles. The average molecular weight is 402 g/mol. The number of hydrogen-bond acceptors (Lipinski definition) is 6. The van der Waals surface area contributed by atoms with E-state index in [0.29, 0.717) is 17.2 Å². The molecule has 148 valence electrons. The Balaban J connectivity index is 1.60. The van der Waals surface area contributed by atoms with Crippen molar-refractivity contribution in [3.8, 4) is 0 Å². The van der Waals surface area contributed by atoms with Crippen LogP contribution in [0.2, 0.25) is 0 Å². The van der Waals surface area contributed by atoms with Crippen LogP contribution in [0.3, 0.4) is 0 Å². The maximum absolute atomic E-state index is 12.5. The van der Waals surface area contributed by atoms with Crippen molar-refractivity contribution >= 4 is 35.2 Å². The Labute approximate surface area is 167 Å². The number of thioether (sulfide) groups is 1. The van der Waals surface area contributed by atoms with Crippen LogP contribution < -0.4 is 5.32 Å². The summed E-state index contributed by atoms with van der Waals surface area (Å²) in [6.45, 7) is 4.85. The second-order valence-electron chi connectivity index (χ2n) is 6.55. The van der Waals surface area contributed by atoms with E-state index in [9.17, 15) is 14.4 Å². The van der Waals surface area contributed by atoms with Gasteiger partial charge in [-0.3, -0.25) is 9.59 Å². The first-order valence-corrected chi connectivity index (χ1v) is 9.90. The number of esters is 1. The third-order valence-corrected chi connectivity index (χ3v) is 5.93. The van der Waals surface area contributed by atoms with Gasteiger partial charge in [-0.2, -0.15) is 0 Å². The van der Waals surface area contributed by atoms with Crippen LogP contribution in [0.1, 0.15) is 29.2 Å². The monoisotopic (exact) mass is 402 g/mol. The number of furan rings is 1. The molecule has 2 atom stereocenters. The number of anilines is 1. The highest BCUT2D eigenvalue weighted by Gasteiger charge is 2.43. The normalized spacial score (nSPS) is 18.8. The number of rotatable bonds is 5. The van der Waals surface area contributed by atoms with E-state index in [-0.39, 0.29) is 11.3 Å². The van der Waals surface area contributed by atoms with Gasteiger partial charge in [-0.15, -0.1) is 11.8 Å².